The van der Waals surface area contributed by atoms with Crippen molar-refractivity contribution in [2.75, 3.05) is 31.2 Å². The molecule has 1 N–H and O–H groups in total. The lowest BCUT2D eigenvalue weighted by Crippen LogP contribution is -2.45. The number of pyridine rings is 1. The van der Waals surface area contributed by atoms with E-state index in [9.17, 15) is 4.79 Å². The second kappa shape index (κ2) is 7.58. The molecule has 3 heterocycles. The Labute approximate surface area is 132 Å². The van der Waals surface area contributed by atoms with E-state index in [4.69, 9.17) is 4.74 Å². The summed E-state index contributed by atoms with van der Waals surface area (Å²) >= 11 is 0. The van der Waals surface area contributed by atoms with Crippen molar-refractivity contribution in [3.05, 3.63) is 24.5 Å². The normalized spacial score (nSPS) is 20.8. The van der Waals surface area contributed by atoms with E-state index in [1.54, 1.807) is 0 Å². The smallest absolute Gasteiger partial charge is 0.220 e. The lowest BCUT2D eigenvalue weighted by molar-refractivity contribution is -0.123. The molecule has 0 aliphatic carbocycles. The second-order valence-corrected chi connectivity index (χ2v) is 6.29. The molecule has 3 rings (SSSR count). The first-order chi connectivity index (χ1) is 10.8. The number of aromatic nitrogens is 1. The number of carbonyl (C=O) groups excluding carboxylic acids is 1. The minimum absolute atomic E-state index is 0.217. The van der Waals surface area contributed by atoms with E-state index in [-0.39, 0.29) is 5.91 Å². The molecule has 2 aliphatic heterocycles. The van der Waals surface area contributed by atoms with E-state index >= 15 is 0 Å². The average molecular weight is 303 g/mol. The zero-order valence-electron chi connectivity index (χ0n) is 13.0. The summed E-state index contributed by atoms with van der Waals surface area (Å²) in [6.45, 7) is 3.60. The Balaban J connectivity index is 1.41. The summed E-state index contributed by atoms with van der Waals surface area (Å²) in [5.41, 5.74) is 1.22. The van der Waals surface area contributed by atoms with Crippen LogP contribution in [0.15, 0.2) is 24.5 Å². The number of hydrogen-bond donors (Lipinski definition) is 1. The van der Waals surface area contributed by atoms with Crippen LogP contribution in [0.3, 0.4) is 0 Å². The Morgan fingerprint density at radius 3 is 2.55 bits per heavy atom. The number of nitrogens with zero attached hydrogens (tertiary/aromatic N) is 2. The predicted octanol–water partition coefficient (Wildman–Crippen LogP) is 1.98. The van der Waals surface area contributed by atoms with Crippen LogP contribution in [0.4, 0.5) is 5.69 Å². The van der Waals surface area contributed by atoms with Gasteiger partial charge in [-0.15, -0.1) is 0 Å². The first-order valence-corrected chi connectivity index (χ1v) is 8.33. The Bertz CT molecular complexity index is 466. The van der Waals surface area contributed by atoms with Gasteiger partial charge in [0.2, 0.25) is 5.91 Å². The Morgan fingerprint density at radius 1 is 1.18 bits per heavy atom. The zero-order valence-corrected chi connectivity index (χ0v) is 13.0. The van der Waals surface area contributed by atoms with Crippen molar-refractivity contribution >= 4 is 11.6 Å². The first-order valence-electron chi connectivity index (χ1n) is 8.33. The fraction of sp³-hybridized carbons (Fsp3) is 0.647. The van der Waals surface area contributed by atoms with Crippen molar-refractivity contribution in [1.82, 2.24) is 10.3 Å². The summed E-state index contributed by atoms with van der Waals surface area (Å²) in [5.74, 6) is 0.722. The molecule has 0 radical (unpaired) electrons. The van der Waals surface area contributed by atoms with Gasteiger partial charge in [-0.1, -0.05) is 0 Å². The predicted molar refractivity (Wildman–Crippen MR) is 85.8 cm³/mol. The monoisotopic (exact) mass is 303 g/mol. The molecule has 22 heavy (non-hydrogen) atoms. The van der Waals surface area contributed by atoms with Gasteiger partial charge in [0.15, 0.2) is 0 Å². The van der Waals surface area contributed by atoms with Crippen LogP contribution in [-0.4, -0.2) is 43.2 Å². The van der Waals surface area contributed by atoms with E-state index in [0.29, 0.717) is 18.4 Å². The van der Waals surface area contributed by atoms with Gasteiger partial charge in [-0.2, -0.15) is 0 Å². The second-order valence-electron chi connectivity index (χ2n) is 6.29. The minimum atomic E-state index is 0.217. The minimum Gasteiger partial charge on any atom is -0.381 e. The molecule has 2 aliphatic rings. The van der Waals surface area contributed by atoms with Gasteiger partial charge >= 0.3 is 0 Å². The summed E-state index contributed by atoms with van der Waals surface area (Å²) in [6, 6.07) is 4.42. The van der Waals surface area contributed by atoms with Crippen molar-refractivity contribution in [2.24, 2.45) is 5.92 Å². The highest BCUT2D eigenvalue weighted by Crippen LogP contribution is 2.21. The highest BCUT2D eigenvalue weighted by molar-refractivity contribution is 5.76. The summed E-state index contributed by atoms with van der Waals surface area (Å²) in [5, 5.41) is 3.22. The Kier molecular flexibility index (Phi) is 5.27. The maximum Gasteiger partial charge on any atom is 0.220 e. The number of rotatable bonds is 4. The third-order valence-electron chi connectivity index (χ3n) is 4.70. The van der Waals surface area contributed by atoms with E-state index in [2.05, 4.69) is 15.2 Å². The summed E-state index contributed by atoms with van der Waals surface area (Å²) in [7, 11) is 0. The highest BCUT2D eigenvalue weighted by atomic mass is 16.5. The van der Waals surface area contributed by atoms with Gasteiger partial charge in [-0.25, -0.2) is 0 Å². The molecule has 2 saturated heterocycles. The summed E-state index contributed by atoms with van der Waals surface area (Å²) < 4.78 is 5.34. The molecule has 1 amide bonds. The molecule has 120 valence electrons. The Hall–Kier alpha value is -1.62. The average Bonchev–Trinajstić information content (AvgIpc) is 2.57. The van der Waals surface area contributed by atoms with Crippen LogP contribution in [0.2, 0.25) is 0 Å². The number of hydrogen-bond acceptors (Lipinski definition) is 4. The van der Waals surface area contributed by atoms with Gasteiger partial charge < -0.3 is 15.0 Å². The largest absolute Gasteiger partial charge is 0.381 e. The highest BCUT2D eigenvalue weighted by Gasteiger charge is 2.23. The maximum absolute atomic E-state index is 12.2. The summed E-state index contributed by atoms with van der Waals surface area (Å²) in [4.78, 5) is 18.6. The molecule has 0 unspecified atom stereocenters. The number of piperidine rings is 1. The van der Waals surface area contributed by atoms with E-state index in [1.807, 2.05) is 24.5 Å². The first kappa shape index (κ1) is 15.3. The van der Waals surface area contributed by atoms with Crippen LogP contribution in [0.25, 0.3) is 0 Å². The molecule has 0 aromatic carbocycles. The molecule has 0 bridgehead atoms. The maximum atomic E-state index is 12.2. The fourth-order valence-electron chi connectivity index (χ4n) is 3.34. The van der Waals surface area contributed by atoms with Crippen molar-refractivity contribution in [2.45, 2.75) is 38.1 Å². The third kappa shape index (κ3) is 4.19. The fourth-order valence-corrected chi connectivity index (χ4v) is 3.34. The van der Waals surface area contributed by atoms with Crippen molar-refractivity contribution < 1.29 is 9.53 Å². The Morgan fingerprint density at radius 2 is 1.86 bits per heavy atom. The van der Waals surface area contributed by atoms with Crippen molar-refractivity contribution in [1.29, 1.82) is 0 Å². The molecule has 5 nitrogen and oxygen atoms in total. The van der Waals surface area contributed by atoms with Crippen molar-refractivity contribution in [3.63, 3.8) is 0 Å². The standard InChI is InChI=1S/C17H25N3O2/c21-17(13-14-5-11-22-12-6-14)19-15-3-9-20(10-4-15)16-1-7-18-8-2-16/h1-2,7-8,14-15H,3-6,9-13H2,(H,19,21). The van der Waals surface area contributed by atoms with Gasteiger partial charge in [0.25, 0.3) is 0 Å². The number of ether oxygens (including phenoxy) is 1. The SMILES string of the molecule is O=C(CC1CCOCC1)NC1CCN(c2ccncc2)CC1. The molecule has 1 aromatic heterocycles. The quantitative estimate of drug-likeness (QED) is 0.924. The van der Waals surface area contributed by atoms with Crippen LogP contribution in [0.5, 0.6) is 0 Å². The number of anilines is 1. The van der Waals surface area contributed by atoms with Crippen molar-refractivity contribution in [3.8, 4) is 0 Å². The number of carbonyl (C=O) groups is 1. The molecule has 5 heteroatoms. The molecular formula is C17H25N3O2. The topological polar surface area (TPSA) is 54.5 Å². The van der Waals surface area contributed by atoms with Crippen LogP contribution in [0.1, 0.15) is 32.1 Å². The van der Waals surface area contributed by atoms with Crippen LogP contribution in [-0.2, 0) is 9.53 Å². The van der Waals surface area contributed by atoms with Crippen LogP contribution >= 0.6 is 0 Å². The summed E-state index contributed by atoms with van der Waals surface area (Å²) in [6.07, 6.45) is 8.40. The van der Waals surface area contributed by atoms with Gasteiger partial charge in [0.05, 0.1) is 0 Å². The van der Waals surface area contributed by atoms with E-state index < -0.39 is 0 Å². The molecule has 2 fully saturated rings. The molecular weight excluding hydrogens is 278 g/mol. The van der Waals surface area contributed by atoms with Gasteiger partial charge in [0, 0.05) is 56.8 Å². The van der Waals surface area contributed by atoms with E-state index in [0.717, 1.165) is 52.0 Å². The van der Waals surface area contributed by atoms with Gasteiger partial charge in [-0.05, 0) is 43.7 Å². The molecule has 0 atom stereocenters. The van der Waals surface area contributed by atoms with Gasteiger partial charge in [0.1, 0.15) is 0 Å². The number of amides is 1. The lowest BCUT2D eigenvalue weighted by Gasteiger charge is -2.34. The zero-order chi connectivity index (χ0) is 15.2. The van der Waals surface area contributed by atoms with Crippen LogP contribution < -0.4 is 10.2 Å². The third-order valence-corrected chi connectivity index (χ3v) is 4.70. The van der Waals surface area contributed by atoms with E-state index in [1.165, 1.54) is 5.69 Å². The number of nitrogens with one attached hydrogen (secondary N) is 1. The van der Waals surface area contributed by atoms with Gasteiger partial charge in [-0.3, -0.25) is 9.78 Å². The lowest BCUT2D eigenvalue weighted by atomic mass is 9.95. The van der Waals surface area contributed by atoms with Crippen LogP contribution in [0, 0.1) is 5.92 Å². The molecule has 0 spiro atoms. The molecule has 1 aromatic rings. The molecule has 0 saturated carbocycles.